The zero-order chi connectivity index (χ0) is 16.2. The van der Waals surface area contributed by atoms with Crippen molar-refractivity contribution in [2.75, 3.05) is 23.4 Å². The van der Waals surface area contributed by atoms with Crippen molar-refractivity contribution in [1.29, 1.82) is 0 Å². The van der Waals surface area contributed by atoms with E-state index in [1.165, 1.54) is 0 Å². The second-order valence-electron chi connectivity index (χ2n) is 5.30. The number of carbonyl (C=O) groups excluding carboxylic acids is 2. The lowest BCUT2D eigenvalue weighted by atomic mass is 10.1. The predicted octanol–water partition coefficient (Wildman–Crippen LogP) is 1.63. The van der Waals surface area contributed by atoms with Gasteiger partial charge in [0.1, 0.15) is 0 Å². The number of amides is 1. The fourth-order valence-electron chi connectivity index (χ4n) is 2.21. The lowest BCUT2D eigenvalue weighted by Gasteiger charge is -2.10. The smallest absolute Gasteiger partial charge is 0.338 e. The molecule has 7 heteroatoms. The first-order chi connectivity index (χ1) is 10.4. The Morgan fingerprint density at radius 3 is 2.50 bits per heavy atom. The van der Waals surface area contributed by atoms with Crippen molar-refractivity contribution in [3.63, 3.8) is 0 Å². The van der Waals surface area contributed by atoms with Crippen LogP contribution < -0.4 is 5.32 Å². The molecule has 22 heavy (non-hydrogen) atoms. The van der Waals surface area contributed by atoms with E-state index in [-0.39, 0.29) is 17.4 Å². The minimum Gasteiger partial charge on any atom is -0.462 e. The molecule has 1 heterocycles. The predicted molar refractivity (Wildman–Crippen MR) is 82.4 cm³/mol. The number of ether oxygens (including phenoxy) is 1. The highest BCUT2D eigenvalue weighted by molar-refractivity contribution is 7.91. The molecule has 0 aromatic heterocycles. The van der Waals surface area contributed by atoms with Crippen molar-refractivity contribution < 1.29 is 22.7 Å². The van der Waals surface area contributed by atoms with Gasteiger partial charge in [0.15, 0.2) is 9.84 Å². The van der Waals surface area contributed by atoms with Gasteiger partial charge in [-0.1, -0.05) is 6.92 Å². The molecule has 2 rings (SSSR count). The Kier molecular flexibility index (Phi) is 5.18. The van der Waals surface area contributed by atoms with Gasteiger partial charge in [-0.15, -0.1) is 0 Å². The summed E-state index contributed by atoms with van der Waals surface area (Å²) in [7, 11) is -3.08. The molecule has 0 radical (unpaired) electrons. The molecule has 0 aliphatic carbocycles. The monoisotopic (exact) mass is 325 g/mol. The van der Waals surface area contributed by atoms with Crippen molar-refractivity contribution in [2.24, 2.45) is 5.92 Å². The summed E-state index contributed by atoms with van der Waals surface area (Å²) in [5.74, 6) is -1.24. The SMILES string of the molecule is CCCOC(=O)c1ccc(NC(=O)C2CCS(=O)(=O)C2)cc1. The van der Waals surface area contributed by atoms with E-state index in [0.717, 1.165) is 6.42 Å². The normalized spacial score (nSPS) is 19.6. The van der Waals surface area contributed by atoms with Crippen LogP contribution in [-0.4, -0.2) is 38.4 Å². The van der Waals surface area contributed by atoms with Crippen LogP contribution in [0.4, 0.5) is 5.69 Å². The van der Waals surface area contributed by atoms with Crippen LogP contribution in [0.15, 0.2) is 24.3 Å². The lowest BCUT2D eigenvalue weighted by molar-refractivity contribution is -0.119. The third kappa shape index (κ3) is 4.30. The van der Waals surface area contributed by atoms with Crippen molar-refractivity contribution in [3.8, 4) is 0 Å². The minimum atomic E-state index is -3.08. The minimum absolute atomic E-state index is 0.0628. The van der Waals surface area contributed by atoms with Crippen LogP contribution in [0.3, 0.4) is 0 Å². The van der Waals surface area contributed by atoms with Crippen molar-refractivity contribution in [3.05, 3.63) is 29.8 Å². The van der Waals surface area contributed by atoms with E-state index in [1.807, 2.05) is 6.92 Å². The summed E-state index contributed by atoms with van der Waals surface area (Å²) in [4.78, 5) is 23.6. The van der Waals surface area contributed by atoms with Crippen LogP contribution in [0.2, 0.25) is 0 Å². The van der Waals surface area contributed by atoms with Gasteiger partial charge >= 0.3 is 5.97 Å². The van der Waals surface area contributed by atoms with Gasteiger partial charge < -0.3 is 10.1 Å². The molecule has 1 unspecified atom stereocenters. The second-order valence-corrected chi connectivity index (χ2v) is 7.53. The maximum absolute atomic E-state index is 12.0. The first kappa shape index (κ1) is 16.5. The molecule has 1 aromatic rings. The third-order valence-electron chi connectivity index (χ3n) is 3.43. The summed E-state index contributed by atoms with van der Waals surface area (Å²) in [6, 6.07) is 6.34. The Labute approximate surface area is 129 Å². The number of anilines is 1. The highest BCUT2D eigenvalue weighted by Gasteiger charge is 2.32. The number of hydrogen-bond donors (Lipinski definition) is 1. The van der Waals surface area contributed by atoms with Crippen LogP contribution in [0.5, 0.6) is 0 Å². The fourth-order valence-corrected chi connectivity index (χ4v) is 3.96. The standard InChI is InChI=1S/C15H19NO5S/c1-2-8-21-15(18)11-3-5-13(6-4-11)16-14(17)12-7-9-22(19,20)10-12/h3-6,12H,2,7-10H2,1H3,(H,16,17). The lowest BCUT2D eigenvalue weighted by Crippen LogP contribution is -2.23. The van der Waals surface area contributed by atoms with Crippen molar-refractivity contribution >= 4 is 27.4 Å². The molecule has 0 bridgehead atoms. The van der Waals surface area contributed by atoms with Gasteiger partial charge in [-0.2, -0.15) is 0 Å². The van der Waals surface area contributed by atoms with E-state index in [9.17, 15) is 18.0 Å². The van der Waals surface area contributed by atoms with E-state index in [2.05, 4.69) is 5.32 Å². The molecule has 1 N–H and O–H groups in total. The number of nitrogens with one attached hydrogen (secondary N) is 1. The first-order valence-corrected chi connectivity index (χ1v) is 9.02. The number of hydrogen-bond acceptors (Lipinski definition) is 5. The van der Waals surface area contributed by atoms with Crippen LogP contribution in [0, 0.1) is 5.92 Å². The molecule has 0 saturated carbocycles. The molecule has 1 aliphatic rings. The maximum atomic E-state index is 12.0. The topological polar surface area (TPSA) is 89.5 Å². The molecule has 1 aromatic carbocycles. The van der Waals surface area contributed by atoms with E-state index >= 15 is 0 Å². The molecular formula is C15H19NO5S. The Bertz CT molecular complexity index is 651. The number of carbonyl (C=O) groups is 2. The first-order valence-electron chi connectivity index (χ1n) is 7.20. The number of sulfone groups is 1. The van der Waals surface area contributed by atoms with E-state index < -0.39 is 21.7 Å². The van der Waals surface area contributed by atoms with E-state index in [4.69, 9.17) is 4.74 Å². The highest BCUT2D eigenvalue weighted by atomic mass is 32.2. The Balaban J connectivity index is 1.94. The van der Waals surface area contributed by atoms with Crippen LogP contribution in [0.1, 0.15) is 30.1 Å². The average molecular weight is 325 g/mol. The van der Waals surface area contributed by atoms with Crippen LogP contribution in [0.25, 0.3) is 0 Å². The maximum Gasteiger partial charge on any atom is 0.338 e. The number of esters is 1. The van der Waals surface area contributed by atoms with E-state index in [1.54, 1.807) is 24.3 Å². The molecule has 1 fully saturated rings. The molecule has 0 spiro atoms. The molecule has 1 amide bonds. The second kappa shape index (κ2) is 6.91. The number of benzene rings is 1. The Morgan fingerprint density at radius 1 is 1.27 bits per heavy atom. The van der Waals surface area contributed by atoms with Gasteiger partial charge in [-0.3, -0.25) is 4.79 Å². The Morgan fingerprint density at radius 2 is 1.95 bits per heavy atom. The molecule has 120 valence electrons. The molecule has 1 saturated heterocycles. The zero-order valence-corrected chi connectivity index (χ0v) is 13.2. The third-order valence-corrected chi connectivity index (χ3v) is 5.20. The largest absolute Gasteiger partial charge is 0.462 e. The highest BCUT2D eigenvalue weighted by Crippen LogP contribution is 2.20. The average Bonchev–Trinajstić information content (AvgIpc) is 2.86. The summed E-state index contributed by atoms with van der Waals surface area (Å²) >= 11 is 0. The summed E-state index contributed by atoms with van der Waals surface area (Å²) in [6.07, 6.45) is 1.11. The van der Waals surface area contributed by atoms with Crippen molar-refractivity contribution in [2.45, 2.75) is 19.8 Å². The van der Waals surface area contributed by atoms with Crippen molar-refractivity contribution in [1.82, 2.24) is 0 Å². The summed E-state index contributed by atoms with van der Waals surface area (Å²) < 4.78 is 27.8. The van der Waals surface area contributed by atoms with Gasteiger partial charge in [0.25, 0.3) is 0 Å². The molecule has 1 atom stereocenters. The van der Waals surface area contributed by atoms with Gasteiger partial charge in [0, 0.05) is 5.69 Å². The zero-order valence-electron chi connectivity index (χ0n) is 12.4. The summed E-state index contributed by atoms with van der Waals surface area (Å²) in [6.45, 7) is 2.28. The molecule has 1 aliphatic heterocycles. The Hall–Kier alpha value is -1.89. The quantitative estimate of drug-likeness (QED) is 0.831. The van der Waals surface area contributed by atoms with E-state index in [0.29, 0.717) is 24.3 Å². The van der Waals surface area contributed by atoms with Crippen LogP contribution >= 0.6 is 0 Å². The van der Waals surface area contributed by atoms with Gasteiger partial charge in [-0.05, 0) is 37.1 Å². The van der Waals surface area contributed by atoms with Gasteiger partial charge in [0.05, 0.1) is 29.6 Å². The van der Waals surface area contributed by atoms with Gasteiger partial charge in [0.2, 0.25) is 5.91 Å². The fraction of sp³-hybridized carbons (Fsp3) is 0.467. The van der Waals surface area contributed by atoms with Gasteiger partial charge in [-0.25, -0.2) is 13.2 Å². The number of rotatable bonds is 5. The molecule has 6 nitrogen and oxygen atoms in total. The summed E-state index contributed by atoms with van der Waals surface area (Å²) in [5.41, 5.74) is 0.941. The molecular weight excluding hydrogens is 306 g/mol. The summed E-state index contributed by atoms with van der Waals surface area (Å²) in [5, 5.41) is 2.68. The van der Waals surface area contributed by atoms with Crippen LogP contribution in [-0.2, 0) is 19.4 Å².